The molecule has 0 N–H and O–H groups in total. The normalized spacial score (nSPS) is 13.4. The van der Waals surface area contributed by atoms with Gasteiger partial charge in [0.25, 0.3) is 0 Å². The van der Waals surface area contributed by atoms with E-state index in [0.717, 1.165) is 4.95 Å². The lowest BCUT2D eigenvalue weighted by atomic mass is 10.5. The molecule has 0 radical (unpaired) electrons. The largest absolute Gasteiger partial charge is 0.413 e. The summed E-state index contributed by atoms with van der Waals surface area (Å²) in [7, 11) is -1.57. The Labute approximate surface area is 92.5 Å². The fraction of sp³-hybridized carbons (Fsp3) is 1.00. The zero-order valence-corrected chi connectivity index (χ0v) is 12.3. The van der Waals surface area contributed by atoms with Crippen molar-refractivity contribution in [1.82, 2.24) is 0 Å². The molecule has 0 aromatic carbocycles. The molecule has 1 nitrogen and oxygen atoms in total. The molecule has 0 amide bonds. The van der Waals surface area contributed by atoms with Gasteiger partial charge in [0.15, 0.2) is 0 Å². The van der Waals surface area contributed by atoms with Crippen molar-refractivity contribution in [3.05, 3.63) is 0 Å². The molecule has 80 valence electrons. The predicted octanol–water partition coefficient (Wildman–Crippen LogP) is 4.11. The van der Waals surface area contributed by atoms with Gasteiger partial charge in [-0.2, -0.15) is 0 Å². The summed E-state index contributed by atoms with van der Waals surface area (Å²) >= 11 is 3.64. The van der Waals surface area contributed by atoms with Gasteiger partial charge in [-0.05, 0) is 24.9 Å². The van der Waals surface area contributed by atoms with Gasteiger partial charge in [-0.3, -0.25) is 0 Å². The van der Waals surface area contributed by atoms with Gasteiger partial charge < -0.3 is 4.43 Å². The van der Waals surface area contributed by atoms with Crippen molar-refractivity contribution in [2.45, 2.75) is 58.7 Å². The van der Waals surface area contributed by atoms with E-state index < -0.39 is 8.32 Å². The van der Waals surface area contributed by atoms with Crippen LogP contribution in [0.3, 0.4) is 0 Å². The zero-order chi connectivity index (χ0) is 10.6. The fourth-order valence-corrected chi connectivity index (χ4v) is 9.43. The van der Waals surface area contributed by atoms with Gasteiger partial charge in [-0.1, -0.05) is 43.6 Å². The SMILES string of the molecule is CC(C)O[Si](CBr)(C(C)C)C(C)C. The summed E-state index contributed by atoms with van der Waals surface area (Å²) < 4.78 is 6.20. The van der Waals surface area contributed by atoms with Gasteiger partial charge >= 0.3 is 0 Å². The molecule has 13 heavy (non-hydrogen) atoms. The molecule has 0 rings (SSSR count). The molecule has 0 spiro atoms. The highest BCUT2D eigenvalue weighted by Crippen LogP contribution is 2.35. The Morgan fingerprint density at radius 2 is 1.38 bits per heavy atom. The van der Waals surface area contributed by atoms with E-state index in [-0.39, 0.29) is 0 Å². The molecular weight excluding hydrogens is 244 g/mol. The van der Waals surface area contributed by atoms with Crippen LogP contribution in [0, 0.1) is 0 Å². The highest BCUT2D eigenvalue weighted by molar-refractivity contribution is 9.09. The lowest BCUT2D eigenvalue weighted by molar-refractivity contribution is 0.218. The third-order valence-electron chi connectivity index (χ3n) is 2.62. The quantitative estimate of drug-likeness (QED) is 0.538. The molecule has 0 saturated carbocycles. The monoisotopic (exact) mass is 266 g/mol. The van der Waals surface area contributed by atoms with Crippen LogP contribution in [0.1, 0.15) is 41.5 Å². The zero-order valence-electron chi connectivity index (χ0n) is 9.73. The summed E-state index contributed by atoms with van der Waals surface area (Å²) in [6, 6.07) is 0. The molecule has 0 aromatic heterocycles. The van der Waals surface area contributed by atoms with E-state index in [4.69, 9.17) is 4.43 Å². The molecule has 3 heteroatoms. The van der Waals surface area contributed by atoms with E-state index in [1.165, 1.54) is 0 Å². The minimum atomic E-state index is -1.57. The molecular formula is C10H23BrOSi. The first kappa shape index (κ1) is 13.7. The van der Waals surface area contributed by atoms with Crippen LogP contribution in [-0.2, 0) is 4.43 Å². The summed E-state index contributed by atoms with van der Waals surface area (Å²) in [6.07, 6.45) is 0.356. The predicted molar refractivity (Wildman–Crippen MR) is 66.0 cm³/mol. The van der Waals surface area contributed by atoms with Gasteiger partial charge in [0, 0.05) is 11.1 Å². The van der Waals surface area contributed by atoms with Crippen molar-refractivity contribution >= 4 is 24.2 Å². The highest BCUT2D eigenvalue weighted by Gasteiger charge is 2.41. The van der Waals surface area contributed by atoms with Crippen molar-refractivity contribution in [3.8, 4) is 0 Å². The van der Waals surface area contributed by atoms with Crippen LogP contribution in [-0.4, -0.2) is 19.4 Å². The standard InChI is InChI=1S/C10H23BrOSi/c1-8(2)12-13(7-11,9(3)4)10(5)6/h8-10H,7H2,1-6H3. The summed E-state index contributed by atoms with van der Waals surface area (Å²) in [5, 5.41) is 0. The topological polar surface area (TPSA) is 9.23 Å². The second-order valence-corrected chi connectivity index (χ2v) is 11.0. The highest BCUT2D eigenvalue weighted by atomic mass is 79.9. The smallest absolute Gasteiger partial charge is 0.208 e. The number of alkyl halides is 1. The fourth-order valence-electron chi connectivity index (χ4n) is 1.72. The van der Waals surface area contributed by atoms with E-state index in [2.05, 4.69) is 57.5 Å². The van der Waals surface area contributed by atoms with Crippen LogP contribution in [0.4, 0.5) is 0 Å². The summed E-state index contributed by atoms with van der Waals surface area (Å²) in [5.41, 5.74) is 1.35. The van der Waals surface area contributed by atoms with Gasteiger partial charge in [-0.15, -0.1) is 0 Å². The Hall–Kier alpha value is 0.657. The first-order chi connectivity index (χ1) is 5.86. The lowest BCUT2D eigenvalue weighted by Gasteiger charge is -2.38. The molecule has 0 bridgehead atoms. The molecule has 0 aliphatic carbocycles. The van der Waals surface area contributed by atoms with Gasteiger partial charge in [0.1, 0.15) is 0 Å². The maximum atomic E-state index is 6.20. The van der Waals surface area contributed by atoms with E-state index in [1.807, 2.05) is 0 Å². The van der Waals surface area contributed by atoms with E-state index in [9.17, 15) is 0 Å². The van der Waals surface area contributed by atoms with Crippen molar-refractivity contribution < 1.29 is 4.43 Å². The van der Waals surface area contributed by atoms with E-state index >= 15 is 0 Å². The van der Waals surface area contributed by atoms with Crippen LogP contribution < -0.4 is 0 Å². The Kier molecular flexibility index (Phi) is 5.80. The maximum absolute atomic E-state index is 6.20. The Balaban J connectivity index is 4.65. The average molecular weight is 267 g/mol. The molecule has 0 unspecified atom stereocenters. The minimum Gasteiger partial charge on any atom is -0.413 e. The van der Waals surface area contributed by atoms with E-state index in [1.54, 1.807) is 0 Å². The Morgan fingerprint density at radius 1 is 1.00 bits per heavy atom. The first-order valence-corrected chi connectivity index (χ1v) is 8.49. The van der Waals surface area contributed by atoms with Crippen LogP contribution in [0.15, 0.2) is 0 Å². The van der Waals surface area contributed by atoms with E-state index in [0.29, 0.717) is 17.2 Å². The van der Waals surface area contributed by atoms with Crippen molar-refractivity contribution in [3.63, 3.8) is 0 Å². The van der Waals surface area contributed by atoms with Gasteiger partial charge in [-0.25, -0.2) is 0 Å². The number of rotatable bonds is 5. The summed E-state index contributed by atoms with van der Waals surface area (Å²) in [6.45, 7) is 13.4. The third kappa shape index (κ3) is 3.37. The second-order valence-electron chi connectivity index (χ2n) is 4.56. The minimum absolute atomic E-state index is 0.356. The lowest BCUT2D eigenvalue weighted by Crippen LogP contribution is -2.48. The number of hydrogen-bond donors (Lipinski definition) is 0. The van der Waals surface area contributed by atoms with Gasteiger partial charge in [0.05, 0.1) is 0 Å². The van der Waals surface area contributed by atoms with Crippen LogP contribution >= 0.6 is 15.9 Å². The number of halogens is 1. The third-order valence-corrected chi connectivity index (χ3v) is 10.5. The Morgan fingerprint density at radius 3 is 1.46 bits per heavy atom. The molecule has 0 fully saturated rings. The van der Waals surface area contributed by atoms with Crippen molar-refractivity contribution in [1.29, 1.82) is 0 Å². The molecule has 0 heterocycles. The average Bonchev–Trinajstić information content (AvgIpc) is 1.98. The molecule has 0 aromatic rings. The summed E-state index contributed by atoms with van der Waals surface area (Å²) in [5.74, 6) is 0. The molecule has 0 aliphatic heterocycles. The van der Waals surface area contributed by atoms with Crippen molar-refractivity contribution in [2.75, 3.05) is 4.95 Å². The van der Waals surface area contributed by atoms with Crippen molar-refractivity contribution in [2.24, 2.45) is 0 Å². The molecule has 0 saturated heterocycles. The van der Waals surface area contributed by atoms with Crippen LogP contribution in [0.25, 0.3) is 0 Å². The van der Waals surface area contributed by atoms with Crippen LogP contribution in [0.2, 0.25) is 11.1 Å². The van der Waals surface area contributed by atoms with Gasteiger partial charge in [0.2, 0.25) is 8.32 Å². The molecule has 0 atom stereocenters. The van der Waals surface area contributed by atoms with Crippen LogP contribution in [0.5, 0.6) is 0 Å². The maximum Gasteiger partial charge on any atom is 0.208 e. The summed E-state index contributed by atoms with van der Waals surface area (Å²) in [4.78, 5) is 1.05. The number of hydrogen-bond acceptors (Lipinski definition) is 1. The molecule has 0 aliphatic rings. The first-order valence-electron chi connectivity index (χ1n) is 5.10. The Bertz CT molecular complexity index is 138. The second kappa shape index (κ2) is 5.52.